The van der Waals surface area contributed by atoms with Crippen molar-refractivity contribution in [1.82, 2.24) is 19.8 Å². The van der Waals surface area contributed by atoms with Crippen LogP contribution in [-0.4, -0.2) is 75.5 Å². The van der Waals surface area contributed by atoms with Crippen LogP contribution >= 0.6 is 0 Å². The van der Waals surface area contributed by atoms with Crippen LogP contribution in [0.2, 0.25) is 0 Å². The Hall–Kier alpha value is -3.87. The lowest BCUT2D eigenvalue weighted by molar-refractivity contribution is -0.686. The Balaban J connectivity index is 1.88. The average Bonchev–Trinajstić information content (AvgIpc) is 3.58. The van der Waals surface area contributed by atoms with Gasteiger partial charge in [0.05, 0.1) is 19.8 Å². The largest absolute Gasteiger partial charge is 0.477 e. The Labute approximate surface area is 225 Å². The number of fused-ring (bicyclic) bond motifs is 1. The van der Waals surface area contributed by atoms with Gasteiger partial charge in [-0.25, -0.2) is 14.7 Å². The van der Waals surface area contributed by atoms with E-state index in [1.807, 2.05) is 13.8 Å². The van der Waals surface area contributed by atoms with Gasteiger partial charge in [-0.05, 0) is 45.6 Å². The lowest BCUT2D eigenvalue weighted by atomic mass is 10.2. The van der Waals surface area contributed by atoms with Crippen molar-refractivity contribution < 1.29 is 33.5 Å². The zero-order valence-electron chi connectivity index (χ0n) is 23.0. The maximum atomic E-state index is 13.5. The van der Waals surface area contributed by atoms with E-state index in [1.165, 1.54) is 16.7 Å². The number of rotatable bonds is 7. The number of nitrogens with one attached hydrogen (secondary N) is 3. The summed E-state index contributed by atoms with van der Waals surface area (Å²) in [4.78, 5) is 53.7. The second kappa shape index (κ2) is 11.1. The molecule has 0 bridgehead atoms. The van der Waals surface area contributed by atoms with Crippen LogP contribution in [0.25, 0.3) is 11.7 Å². The van der Waals surface area contributed by atoms with E-state index < -0.39 is 34.6 Å². The first-order valence-electron chi connectivity index (χ1n) is 13.1. The van der Waals surface area contributed by atoms with Crippen LogP contribution in [0.4, 0.5) is 10.6 Å². The summed E-state index contributed by atoms with van der Waals surface area (Å²) >= 11 is 0. The van der Waals surface area contributed by atoms with Crippen LogP contribution < -0.4 is 20.8 Å². The third kappa shape index (κ3) is 6.59. The van der Waals surface area contributed by atoms with Crippen LogP contribution in [0.3, 0.4) is 0 Å². The number of H-pyrrole nitrogens is 1. The monoisotopic (exact) mass is 545 g/mol. The molecule has 1 aliphatic heterocycles. The zero-order valence-corrected chi connectivity index (χ0v) is 23.0. The van der Waals surface area contributed by atoms with Gasteiger partial charge < -0.3 is 24.8 Å². The molecule has 3 heterocycles. The first-order valence-corrected chi connectivity index (χ1v) is 13.1. The molecule has 0 atom stereocenters. The Morgan fingerprint density at radius 1 is 1.23 bits per heavy atom. The number of aromatic hydroxyl groups is 1. The summed E-state index contributed by atoms with van der Waals surface area (Å²) < 4.78 is 13.2. The van der Waals surface area contributed by atoms with Crippen molar-refractivity contribution >= 4 is 35.4 Å². The number of hydrogen-bond donors (Lipinski definition) is 4. The van der Waals surface area contributed by atoms with Crippen molar-refractivity contribution in [3.8, 4) is 5.88 Å². The molecule has 1 saturated heterocycles. The van der Waals surface area contributed by atoms with Crippen molar-refractivity contribution in [2.45, 2.75) is 65.6 Å². The zero-order chi connectivity index (χ0) is 28.5. The van der Waals surface area contributed by atoms with Gasteiger partial charge in [-0.2, -0.15) is 4.57 Å². The Kier molecular flexibility index (Phi) is 8.00. The number of aromatic nitrogens is 3. The van der Waals surface area contributed by atoms with Gasteiger partial charge in [0.15, 0.2) is 5.82 Å². The van der Waals surface area contributed by atoms with E-state index in [4.69, 9.17) is 9.47 Å². The summed E-state index contributed by atoms with van der Waals surface area (Å²) in [5.41, 5.74) is -1.58. The highest BCUT2D eigenvalue weighted by Crippen LogP contribution is 2.24. The predicted molar refractivity (Wildman–Crippen MR) is 141 cm³/mol. The molecule has 39 heavy (non-hydrogen) atoms. The number of hydrogen-bond acceptors (Lipinski definition) is 7. The molecule has 2 fully saturated rings. The molecule has 1 aliphatic carbocycles. The Morgan fingerprint density at radius 2 is 1.90 bits per heavy atom. The molecule has 2 aromatic rings. The standard InChI is InChI=1S/C26H36N6O7/c1-15(2)14-31-22-17(8-9-18(33)30-10-12-38-13-11-30)20(28-25(37)39-26(3,4)5)29-32(22)24(36)19(23(31)35)21(34)27-16-6-7-16/h8-9,15-16H,6-7,10-14H2,1-5H3,(H3,27,28,29,34,35,36,37)/p+1/b9-8+. The fraction of sp³-hybridized carbons (Fsp3) is 0.577. The van der Waals surface area contributed by atoms with E-state index in [2.05, 4.69) is 15.7 Å². The fourth-order valence-corrected chi connectivity index (χ4v) is 4.24. The number of nitrogens with zero attached hydrogens (tertiary/aromatic N) is 3. The molecule has 0 aromatic carbocycles. The smallest absolute Gasteiger partial charge is 0.413 e. The van der Waals surface area contributed by atoms with E-state index in [0.29, 0.717) is 26.3 Å². The van der Waals surface area contributed by atoms with Crippen molar-refractivity contribution in [3.63, 3.8) is 0 Å². The molecule has 0 spiro atoms. The van der Waals surface area contributed by atoms with Crippen LogP contribution in [-0.2, 0) is 20.8 Å². The topological polar surface area (TPSA) is 158 Å². The van der Waals surface area contributed by atoms with E-state index in [1.54, 1.807) is 25.7 Å². The number of anilines is 1. The van der Waals surface area contributed by atoms with Crippen LogP contribution in [0.1, 0.15) is 63.4 Å². The second-order valence-electron chi connectivity index (χ2n) is 11.2. The Bertz CT molecular complexity index is 1360. The quantitative estimate of drug-likeness (QED) is 0.302. The summed E-state index contributed by atoms with van der Waals surface area (Å²) in [7, 11) is 0. The predicted octanol–water partition coefficient (Wildman–Crippen LogP) is 1.39. The second-order valence-corrected chi connectivity index (χ2v) is 11.2. The maximum absolute atomic E-state index is 13.5. The first-order chi connectivity index (χ1) is 18.4. The van der Waals surface area contributed by atoms with E-state index in [-0.39, 0.29) is 41.4 Å². The molecule has 4 N–H and O–H groups in total. The van der Waals surface area contributed by atoms with Crippen molar-refractivity contribution in [2.24, 2.45) is 5.92 Å². The highest BCUT2D eigenvalue weighted by molar-refractivity contribution is 5.97. The summed E-state index contributed by atoms with van der Waals surface area (Å²) in [5.74, 6) is -1.38. The summed E-state index contributed by atoms with van der Waals surface area (Å²) in [6.07, 6.45) is 3.63. The lowest BCUT2D eigenvalue weighted by Crippen LogP contribution is -2.46. The van der Waals surface area contributed by atoms with Gasteiger partial charge in [-0.15, -0.1) is 0 Å². The highest BCUT2D eigenvalue weighted by atomic mass is 16.6. The van der Waals surface area contributed by atoms with Crippen LogP contribution in [0.15, 0.2) is 10.9 Å². The SMILES string of the molecule is CC(C)C[n+]1c(O)c(C(=O)NC2CC2)c(=O)n2[nH]c(NC(=O)OC(C)(C)C)c(/C=C/C(=O)N3CCOCC3)c21. The van der Waals surface area contributed by atoms with Gasteiger partial charge in [-0.1, -0.05) is 18.4 Å². The molecule has 13 nitrogen and oxygen atoms in total. The van der Waals surface area contributed by atoms with Crippen LogP contribution in [0.5, 0.6) is 5.88 Å². The minimum absolute atomic E-state index is 0.00511. The molecule has 2 aliphatic rings. The number of carbonyl (C=O) groups is 3. The summed E-state index contributed by atoms with van der Waals surface area (Å²) in [6, 6.07) is -0.0340. The molecular weight excluding hydrogens is 508 g/mol. The van der Waals surface area contributed by atoms with E-state index >= 15 is 0 Å². The van der Waals surface area contributed by atoms with Gasteiger partial charge >= 0.3 is 23.2 Å². The van der Waals surface area contributed by atoms with E-state index in [0.717, 1.165) is 17.4 Å². The van der Waals surface area contributed by atoms with Gasteiger partial charge in [0.2, 0.25) is 11.5 Å². The normalized spacial score (nSPS) is 16.2. The molecular formula is C26H37N6O7+. The molecule has 3 amide bonds. The molecule has 4 rings (SSSR count). The van der Waals surface area contributed by atoms with Crippen molar-refractivity contribution in [3.05, 3.63) is 27.6 Å². The molecule has 212 valence electrons. The van der Waals surface area contributed by atoms with Gasteiger partial charge in [-0.3, -0.25) is 14.9 Å². The average molecular weight is 546 g/mol. The fourth-order valence-electron chi connectivity index (χ4n) is 4.24. The van der Waals surface area contributed by atoms with Crippen LogP contribution in [0, 0.1) is 5.92 Å². The summed E-state index contributed by atoms with van der Waals surface area (Å²) in [5, 5.41) is 19.4. The number of amides is 3. The minimum atomic E-state index is -0.799. The van der Waals surface area contributed by atoms with Gasteiger partial charge in [0.25, 0.3) is 5.91 Å². The Morgan fingerprint density at radius 3 is 2.49 bits per heavy atom. The number of morpholine rings is 1. The van der Waals surface area contributed by atoms with Crippen molar-refractivity contribution in [1.29, 1.82) is 0 Å². The third-order valence-electron chi connectivity index (χ3n) is 6.13. The first kappa shape index (κ1) is 28.1. The number of ether oxygens (including phenoxy) is 2. The number of carbonyl (C=O) groups excluding carboxylic acids is 3. The molecule has 13 heteroatoms. The molecule has 1 saturated carbocycles. The van der Waals surface area contributed by atoms with E-state index in [9.17, 15) is 24.3 Å². The number of aromatic amines is 1. The molecule has 0 unspecified atom stereocenters. The molecule has 2 aromatic heterocycles. The highest BCUT2D eigenvalue weighted by Gasteiger charge is 2.36. The van der Waals surface area contributed by atoms with Gasteiger partial charge in [0, 0.05) is 25.2 Å². The maximum Gasteiger partial charge on any atom is 0.413 e. The summed E-state index contributed by atoms with van der Waals surface area (Å²) in [6.45, 7) is 10.9. The van der Waals surface area contributed by atoms with Gasteiger partial charge in [0.1, 0.15) is 11.2 Å². The molecule has 0 radical (unpaired) electrons. The minimum Gasteiger partial charge on any atom is -0.477 e. The third-order valence-corrected chi connectivity index (χ3v) is 6.13. The lowest BCUT2D eigenvalue weighted by Gasteiger charge is -2.25. The van der Waals surface area contributed by atoms with Crippen molar-refractivity contribution in [2.75, 3.05) is 31.6 Å².